The fourth-order valence-corrected chi connectivity index (χ4v) is 2.53. The molecule has 0 aromatic heterocycles. The van der Waals surface area contributed by atoms with Crippen LogP contribution in [0.15, 0.2) is 78.9 Å². The molecule has 3 nitrogen and oxygen atoms in total. The molecular formula is C22H18FNO2. The van der Waals surface area contributed by atoms with Gasteiger partial charge in [0.15, 0.2) is 0 Å². The molecule has 0 spiro atoms. The minimum atomic E-state index is -0.400. The van der Waals surface area contributed by atoms with Crippen molar-refractivity contribution in [2.75, 3.05) is 12.4 Å². The Bertz CT molecular complexity index is 918. The van der Waals surface area contributed by atoms with Gasteiger partial charge in [-0.15, -0.1) is 0 Å². The van der Waals surface area contributed by atoms with Gasteiger partial charge in [-0.05, 0) is 47.5 Å². The van der Waals surface area contributed by atoms with E-state index in [1.807, 2.05) is 54.6 Å². The summed E-state index contributed by atoms with van der Waals surface area (Å²) in [5.41, 5.74) is 2.53. The summed E-state index contributed by atoms with van der Waals surface area (Å²) in [6.45, 7) is 0. The van der Waals surface area contributed by atoms with Crippen molar-refractivity contribution in [2.24, 2.45) is 0 Å². The van der Waals surface area contributed by atoms with Gasteiger partial charge in [0.05, 0.1) is 7.11 Å². The van der Waals surface area contributed by atoms with Crippen LogP contribution in [0.2, 0.25) is 0 Å². The molecule has 1 amide bonds. The van der Waals surface area contributed by atoms with Crippen LogP contribution in [0.1, 0.15) is 11.1 Å². The average Bonchev–Trinajstić information content (AvgIpc) is 2.67. The third-order valence-corrected chi connectivity index (χ3v) is 3.84. The summed E-state index contributed by atoms with van der Waals surface area (Å²) < 4.78 is 18.5. The number of carbonyl (C=O) groups is 1. The summed E-state index contributed by atoms with van der Waals surface area (Å²) in [6.07, 6.45) is 1.80. The monoisotopic (exact) mass is 347 g/mol. The molecule has 130 valence electrons. The van der Waals surface area contributed by atoms with Gasteiger partial charge in [0, 0.05) is 11.3 Å². The molecule has 1 N–H and O–H groups in total. The van der Waals surface area contributed by atoms with Gasteiger partial charge in [-0.2, -0.15) is 0 Å². The van der Waals surface area contributed by atoms with E-state index < -0.39 is 5.82 Å². The Hall–Kier alpha value is -3.40. The predicted octanol–water partition coefficient (Wildman–Crippen LogP) is 5.01. The molecule has 0 radical (unpaired) electrons. The van der Waals surface area contributed by atoms with Crippen LogP contribution in [0.3, 0.4) is 0 Å². The lowest BCUT2D eigenvalue weighted by atomic mass is 10.0. The summed E-state index contributed by atoms with van der Waals surface area (Å²) >= 11 is 0. The van der Waals surface area contributed by atoms with E-state index in [0.717, 1.165) is 16.9 Å². The Kier molecular flexibility index (Phi) is 5.44. The van der Waals surface area contributed by atoms with Crippen molar-refractivity contribution in [3.63, 3.8) is 0 Å². The molecule has 0 saturated carbocycles. The van der Waals surface area contributed by atoms with E-state index in [1.54, 1.807) is 25.3 Å². The Labute approximate surface area is 151 Å². The predicted molar refractivity (Wildman–Crippen MR) is 102 cm³/mol. The molecule has 0 saturated heterocycles. The molecule has 0 atom stereocenters. The molecule has 0 aliphatic carbocycles. The van der Waals surface area contributed by atoms with Crippen molar-refractivity contribution in [3.8, 4) is 5.75 Å². The van der Waals surface area contributed by atoms with Crippen molar-refractivity contribution in [2.45, 2.75) is 0 Å². The largest absolute Gasteiger partial charge is 0.497 e. The van der Waals surface area contributed by atoms with Gasteiger partial charge in [-0.3, -0.25) is 4.79 Å². The van der Waals surface area contributed by atoms with Gasteiger partial charge in [0.2, 0.25) is 0 Å². The molecule has 0 aliphatic heterocycles. The zero-order valence-corrected chi connectivity index (χ0v) is 14.3. The number of anilines is 1. The topological polar surface area (TPSA) is 38.3 Å². The Morgan fingerprint density at radius 1 is 0.962 bits per heavy atom. The molecule has 3 aromatic rings. The second-order valence-electron chi connectivity index (χ2n) is 5.66. The third kappa shape index (κ3) is 4.36. The standard InChI is InChI=1S/C22H18FNO2/c1-26-20-12-10-16(11-13-20)14-21(17-6-3-2-4-7-17)22(25)24-19-9-5-8-18(23)15-19/h2-15H,1H3,(H,24,25)/b21-14-. The number of nitrogens with one attached hydrogen (secondary N) is 1. The lowest BCUT2D eigenvalue weighted by Gasteiger charge is -2.10. The van der Waals surface area contributed by atoms with E-state index in [9.17, 15) is 9.18 Å². The third-order valence-electron chi connectivity index (χ3n) is 3.84. The van der Waals surface area contributed by atoms with Crippen molar-refractivity contribution < 1.29 is 13.9 Å². The molecule has 0 fully saturated rings. The first-order valence-electron chi connectivity index (χ1n) is 8.14. The maximum atomic E-state index is 13.4. The van der Waals surface area contributed by atoms with Crippen LogP contribution in [0, 0.1) is 5.82 Å². The van der Waals surface area contributed by atoms with Crippen LogP contribution in [-0.4, -0.2) is 13.0 Å². The highest BCUT2D eigenvalue weighted by molar-refractivity contribution is 6.29. The minimum Gasteiger partial charge on any atom is -0.497 e. The number of methoxy groups -OCH3 is 1. The normalized spacial score (nSPS) is 11.1. The number of amides is 1. The lowest BCUT2D eigenvalue weighted by Crippen LogP contribution is -2.13. The Morgan fingerprint density at radius 3 is 2.35 bits per heavy atom. The number of ether oxygens (including phenoxy) is 1. The van der Waals surface area contributed by atoms with Gasteiger partial charge in [0.1, 0.15) is 11.6 Å². The maximum Gasteiger partial charge on any atom is 0.256 e. The van der Waals surface area contributed by atoms with Crippen LogP contribution < -0.4 is 10.1 Å². The van der Waals surface area contributed by atoms with Crippen LogP contribution in [0.4, 0.5) is 10.1 Å². The van der Waals surface area contributed by atoms with Gasteiger partial charge >= 0.3 is 0 Å². The quantitative estimate of drug-likeness (QED) is 0.520. The Morgan fingerprint density at radius 2 is 1.69 bits per heavy atom. The molecule has 0 unspecified atom stereocenters. The first-order valence-corrected chi connectivity index (χ1v) is 8.14. The molecule has 4 heteroatoms. The number of hydrogen-bond acceptors (Lipinski definition) is 2. The van der Waals surface area contributed by atoms with Crippen molar-refractivity contribution in [1.29, 1.82) is 0 Å². The van der Waals surface area contributed by atoms with Crippen LogP contribution in [0.5, 0.6) is 5.75 Å². The zero-order chi connectivity index (χ0) is 18.4. The van der Waals surface area contributed by atoms with Crippen molar-refractivity contribution >= 4 is 23.2 Å². The first-order chi connectivity index (χ1) is 12.7. The van der Waals surface area contributed by atoms with Gasteiger partial charge in [-0.1, -0.05) is 48.5 Å². The van der Waals surface area contributed by atoms with E-state index in [-0.39, 0.29) is 5.91 Å². The Balaban J connectivity index is 1.95. The maximum absolute atomic E-state index is 13.4. The first kappa shape index (κ1) is 17.4. The zero-order valence-electron chi connectivity index (χ0n) is 14.3. The smallest absolute Gasteiger partial charge is 0.256 e. The number of carbonyl (C=O) groups excluding carboxylic acids is 1. The average molecular weight is 347 g/mol. The van der Waals surface area contributed by atoms with Crippen LogP contribution in [-0.2, 0) is 4.79 Å². The number of rotatable bonds is 5. The van der Waals surface area contributed by atoms with E-state index >= 15 is 0 Å². The number of hydrogen-bond donors (Lipinski definition) is 1. The van der Waals surface area contributed by atoms with E-state index in [1.165, 1.54) is 12.1 Å². The van der Waals surface area contributed by atoms with Gasteiger partial charge < -0.3 is 10.1 Å². The molecule has 0 bridgehead atoms. The van der Waals surface area contributed by atoms with E-state index in [2.05, 4.69) is 5.32 Å². The summed E-state index contributed by atoms with van der Waals surface area (Å²) in [5, 5.41) is 2.75. The second kappa shape index (κ2) is 8.12. The van der Waals surface area contributed by atoms with Crippen molar-refractivity contribution in [1.82, 2.24) is 0 Å². The highest BCUT2D eigenvalue weighted by Gasteiger charge is 2.13. The molecule has 0 heterocycles. The summed E-state index contributed by atoms with van der Waals surface area (Å²) in [5.74, 6) is 0.0356. The summed E-state index contributed by atoms with van der Waals surface area (Å²) in [7, 11) is 1.60. The van der Waals surface area contributed by atoms with Gasteiger partial charge in [0.25, 0.3) is 5.91 Å². The molecule has 26 heavy (non-hydrogen) atoms. The second-order valence-corrected chi connectivity index (χ2v) is 5.66. The number of benzene rings is 3. The molecular weight excluding hydrogens is 329 g/mol. The minimum absolute atomic E-state index is 0.308. The van der Waals surface area contributed by atoms with E-state index in [4.69, 9.17) is 4.74 Å². The van der Waals surface area contributed by atoms with Crippen LogP contribution >= 0.6 is 0 Å². The molecule has 3 aromatic carbocycles. The highest BCUT2D eigenvalue weighted by atomic mass is 19.1. The van der Waals surface area contributed by atoms with Crippen molar-refractivity contribution in [3.05, 3.63) is 95.8 Å². The van der Waals surface area contributed by atoms with Gasteiger partial charge in [-0.25, -0.2) is 4.39 Å². The fourth-order valence-electron chi connectivity index (χ4n) is 2.53. The number of halogens is 1. The SMILES string of the molecule is COc1ccc(/C=C(\C(=O)Nc2cccc(F)c2)c2ccccc2)cc1. The van der Waals surface area contributed by atoms with E-state index in [0.29, 0.717) is 11.3 Å². The summed E-state index contributed by atoms with van der Waals surface area (Å²) in [4.78, 5) is 12.8. The lowest BCUT2D eigenvalue weighted by molar-refractivity contribution is -0.111. The van der Waals surface area contributed by atoms with Crippen LogP contribution in [0.25, 0.3) is 11.6 Å². The highest BCUT2D eigenvalue weighted by Crippen LogP contribution is 2.22. The summed E-state index contributed by atoms with van der Waals surface area (Å²) in [6, 6.07) is 22.6. The molecule has 3 rings (SSSR count). The molecule has 0 aliphatic rings. The fraction of sp³-hybridized carbons (Fsp3) is 0.0455.